The minimum absolute atomic E-state index is 0.104. The summed E-state index contributed by atoms with van der Waals surface area (Å²) in [5.74, 6) is -1.30. The summed E-state index contributed by atoms with van der Waals surface area (Å²) < 4.78 is 6.02. The van der Waals surface area contributed by atoms with Crippen LogP contribution in [-0.2, 0) is 20.9 Å². The van der Waals surface area contributed by atoms with Crippen LogP contribution in [0.5, 0.6) is 0 Å². The molecule has 0 radical (unpaired) electrons. The minimum atomic E-state index is -0.927. The van der Waals surface area contributed by atoms with Gasteiger partial charge in [-0.05, 0) is 61.9 Å². The molecule has 1 spiro atoms. The summed E-state index contributed by atoms with van der Waals surface area (Å²) in [7, 11) is 0. The molecule has 5 rings (SSSR count). The maximum atomic E-state index is 12.9. The maximum absolute atomic E-state index is 12.9. The lowest BCUT2D eigenvalue weighted by molar-refractivity contribution is -0.121. The van der Waals surface area contributed by atoms with Gasteiger partial charge in [0, 0.05) is 30.9 Å². The zero-order valence-corrected chi connectivity index (χ0v) is 19.3. The van der Waals surface area contributed by atoms with Gasteiger partial charge < -0.3 is 25.4 Å². The normalized spacial score (nSPS) is 24.5. The summed E-state index contributed by atoms with van der Waals surface area (Å²) in [6, 6.07) is 17.5. The van der Waals surface area contributed by atoms with Crippen LogP contribution in [-0.4, -0.2) is 41.7 Å². The Labute approximate surface area is 199 Å². The van der Waals surface area contributed by atoms with Crippen LogP contribution in [0.1, 0.15) is 44.1 Å². The number of hydrogen-bond donors (Lipinski definition) is 3. The summed E-state index contributed by atoms with van der Waals surface area (Å²) in [4.78, 5) is 28.0. The summed E-state index contributed by atoms with van der Waals surface area (Å²) in [6.07, 6.45) is 5.23. The van der Waals surface area contributed by atoms with Crippen molar-refractivity contribution in [1.29, 1.82) is 0 Å². The van der Waals surface area contributed by atoms with Gasteiger partial charge in [0.1, 0.15) is 16.9 Å². The monoisotopic (exact) mass is 461 g/mol. The average molecular weight is 462 g/mol. The minimum Gasteiger partial charge on any atom is -0.509 e. The molecule has 2 atom stereocenters. The van der Waals surface area contributed by atoms with Crippen molar-refractivity contribution in [2.24, 2.45) is 0 Å². The third-order valence-corrected chi connectivity index (χ3v) is 7.14. The Balaban J connectivity index is 1.23. The van der Waals surface area contributed by atoms with Crippen molar-refractivity contribution in [1.82, 2.24) is 5.32 Å². The van der Waals surface area contributed by atoms with Crippen LogP contribution in [0.4, 0.5) is 11.4 Å². The molecule has 1 unspecified atom stereocenters. The molecular formula is C27H31N3O4. The number of nitrogens with one attached hydrogen (secondary N) is 2. The smallest absolute Gasteiger partial charge is 0.264 e. The van der Waals surface area contributed by atoms with E-state index in [1.54, 1.807) is 0 Å². The highest BCUT2D eigenvalue weighted by Crippen LogP contribution is 2.41. The van der Waals surface area contributed by atoms with Gasteiger partial charge in [0.2, 0.25) is 0 Å². The highest BCUT2D eigenvalue weighted by molar-refractivity contribution is 6.25. The molecule has 0 bridgehead atoms. The standard InChI is InChI=1S/C27H31N3O4/c31-24-23(25(32)28-20-9-11-21(12-10-20)30-15-5-2-6-16-30)26(33)29-27(24)14-13-22(17-27)34-18-19-7-3-1-4-8-19/h1,3-4,7-12,22,31H,2,5-6,13-18H2,(H,28,32)(H,29,33)/t22-,27?/m1/s1. The second-order valence-electron chi connectivity index (χ2n) is 9.47. The number of rotatable bonds is 6. The van der Waals surface area contributed by atoms with Crippen molar-refractivity contribution in [3.05, 3.63) is 71.5 Å². The number of carbonyl (C=O) groups is 2. The van der Waals surface area contributed by atoms with Crippen LogP contribution >= 0.6 is 0 Å². The Morgan fingerprint density at radius 1 is 1.09 bits per heavy atom. The van der Waals surface area contributed by atoms with Crippen molar-refractivity contribution < 1.29 is 19.4 Å². The summed E-state index contributed by atoms with van der Waals surface area (Å²) in [6.45, 7) is 2.57. The topological polar surface area (TPSA) is 90.9 Å². The van der Waals surface area contributed by atoms with E-state index >= 15 is 0 Å². The molecular weight excluding hydrogens is 430 g/mol. The molecule has 0 aromatic heterocycles. The lowest BCUT2D eigenvalue weighted by atomic mass is 9.95. The van der Waals surface area contributed by atoms with E-state index in [0.29, 0.717) is 31.6 Å². The Hall–Kier alpha value is -3.32. The molecule has 1 saturated heterocycles. The number of carbonyl (C=O) groups excluding carboxylic acids is 2. The fourth-order valence-electron chi connectivity index (χ4n) is 5.26. The van der Waals surface area contributed by atoms with Crippen LogP contribution in [0.15, 0.2) is 65.9 Å². The molecule has 7 heteroatoms. The van der Waals surface area contributed by atoms with E-state index in [0.717, 1.165) is 24.3 Å². The zero-order chi connectivity index (χ0) is 23.5. The molecule has 178 valence electrons. The van der Waals surface area contributed by atoms with E-state index in [1.807, 2.05) is 54.6 Å². The highest BCUT2D eigenvalue weighted by atomic mass is 16.5. The lowest BCUT2D eigenvalue weighted by Crippen LogP contribution is -2.43. The number of hydrogen-bond acceptors (Lipinski definition) is 5. The fraction of sp³-hybridized carbons (Fsp3) is 0.407. The number of benzene rings is 2. The molecule has 1 aliphatic carbocycles. The Kier molecular flexibility index (Phi) is 6.28. The highest BCUT2D eigenvalue weighted by Gasteiger charge is 2.52. The average Bonchev–Trinajstić information content (AvgIpc) is 3.39. The predicted octanol–water partition coefficient (Wildman–Crippen LogP) is 4.07. The van der Waals surface area contributed by atoms with Gasteiger partial charge in [0.15, 0.2) is 0 Å². The summed E-state index contributed by atoms with van der Waals surface area (Å²) in [5.41, 5.74) is 1.66. The third kappa shape index (κ3) is 4.53. The molecule has 2 aromatic carbocycles. The van der Waals surface area contributed by atoms with E-state index < -0.39 is 17.4 Å². The molecule has 3 aliphatic rings. The Morgan fingerprint density at radius 3 is 2.56 bits per heavy atom. The molecule has 2 fully saturated rings. The van der Waals surface area contributed by atoms with Crippen LogP contribution in [0.3, 0.4) is 0 Å². The van der Waals surface area contributed by atoms with E-state index in [1.165, 1.54) is 19.3 Å². The van der Waals surface area contributed by atoms with E-state index in [2.05, 4.69) is 15.5 Å². The van der Waals surface area contributed by atoms with Crippen molar-refractivity contribution >= 4 is 23.2 Å². The van der Waals surface area contributed by atoms with Gasteiger partial charge in [-0.2, -0.15) is 0 Å². The van der Waals surface area contributed by atoms with Crippen LogP contribution in [0, 0.1) is 0 Å². The number of aliphatic hydroxyl groups is 1. The van der Waals surface area contributed by atoms with Crippen LogP contribution < -0.4 is 15.5 Å². The van der Waals surface area contributed by atoms with Crippen molar-refractivity contribution in [2.45, 2.75) is 56.8 Å². The molecule has 3 N–H and O–H groups in total. The first-order chi connectivity index (χ1) is 16.5. The fourth-order valence-corrected chi connectivity index (χ4v) is 5.26. The summed E-state index contributed by atoms with van der Waals surface area (Å²) in [5, 5.41) is 16.6. The molecule has 7 nitrogen and oxygen atoms in total. The SMILES string of the molecule is O=C(Nc1ccc(N2CCCCC2)cc1)C1=C(O)C2(CC[C@@H](OCc3ccccc3)C2)NC1=O. The van der Waals surface area contributed by atoms with Gasteiger partial charge in [-0.3, -0.25) is 9.59 Å². The summed E-state index contributed by atoms with van der Waals surface area (Å²) >= 11 is 0. The zero-order valence-electron chi connectivity index (χ0n) is 19.3. The van der Waals surface area contributed by atoms with E-state index in [4.69, 9.17) is 4.74 Å². The molecule has 1 saturated carbocycles. The van der Waals surface area contributed by atoms with Crippen LogP contribution in [0.25, 0.3) is 0 Å². The number of nitrogens with zero attached hydrogens (tertiary/aromatic N) is 1. The Morgan fingerprint density at radius 2 is 1.82 bits per heavy atom. The number of amides is 2. The first-order valence-electron chi connectivity index (χ1n) is 12.1. The number of piperidine rings is 1. The molecule has 2 amide bonds. The van der Waals surface area contributed by atoms with Crippen molar-refractivity contribution in [3.8, 4) is 0 Å². The number of aliphatic hydroxyl groups excluding tert-OH is 1. The first kappa shape index (κ1) is 22.5. The van der Waals surface area contributed by atoms with E-state index in [-0.39, 0.29) is 17.4 Å². The third-order valence-electron chi connectivity index (χ3n) is 7.14. The maximum Gasteiger partial charge on any atom is 0.264 e. The largest absolute Gasteiger partial charge is 0.509 e. The molecule has 2 heterocycles. The van der Waals surface area contributed by atoms with Gasteiger partial charge in [0.05, 0.1) is 12.7 Å². The predicted molar refractivity (Wildman–Crippen MR) is 131 cm³/mol. The van der Waals surface area contributed by atoms with Gasteiger partial charge >= 0.3 is 0 Å². The quantitative estimate of drug-likeness (QED) is 0.565. The first-order valence-corrected chi connectivity index (χ1v) is 12.1. The second kappa shape index (κ2) is 9.50. The van der Waals surface area contributed by atoms with E-state index in [9.17, 15) is 14.7 Å². The lowest BCUT2D eigenvalue weighted by Gasteiger charge is -2.28. The van der Waals surface area contributed by atoms with Crippen LogP contribution in [0.2, 0.25) is 0 Å². The van der Waals surface area contributed by atoms with Gasteiger partial charge in [0.25, 0.3) is 11.8 Å². The Bertz CT molecular complexity index is 1080. The number of anilines is 2. The van der Waals surface area contributed by atoms with Crippen molar-refractivity contribution in [2.75, 3.05) is 23.3 Å². The van der Waals surface area contributed by atoms with Gasteiger partial charge in [-0.25, -0.2) is 0 Å². The van der Waals surface area contributed by atoms with Gasteiger partial charge in [-0.1, -0.05) is 30.3 Å². The molecule has 34 heavy (non-hydrogen) atoms. The molecule has 2 aromatic rings. The van der Waals surface area contributed by atoms with Crippen molar-refractivity contribution in [3.63, 3.8) is 0 Å². The second-order valence-corrected chi connectivity index (χ2v) is 9.47. The van der Waals surface area contributed by atoms with Gasteiger partial charge in [-0.15, -0.1) is 0 Å². The molecule has 2 aliphatic heterocycles. The number of ether oxygens (including phenoxy) is 1.